The van der Waals surface area contributed by atoms with Crippen LogP contribution in [0.2, 0.25) is 0 Å². The number of rotatable bonds is 8. The van der Waals surface area contributed by atoms with Gasteiger partial charge in [0, 0.05) is 17.7 Å². The van der Waals surface area contributed by atoms with Crippen molar-refractivity contribution in [2.75, 3.05) is 11.5 Å². The summed E-state index contributed by atoms with van der Waals surface area (Å²) in [7, 11) is 0. The monoisotopic (exact) mass is 615 g/mol. The number of benzene rings is 3. The van der Waals surface area contributed by atoms with Gasteiger partial charge in [-0.05, 0) is 67.8 Å². The van der Waals surface area contributed by atoms with Crippen LogP contribution in [0.25, 0.3) is 5.76 Å². The number of aliphatic hydroxyl groups is 1. The molecule has 11 heteroatoms. The number of anilines is 1. The summed E-state index contributed by atoms with van der Waals surface area (Å²) in [6, 6.07) is 17.0. The molecule has 1 amide bonds. The molecular formula is C32H29N3O6S2. The molecule has 2 unspecified atom stereocenters. The molecule has 9 nitrogen and oxygen atoms in total. The topological polar surface area (TPSA) is 122 Å². The maximum absolute atomic E-state index is 13.6. The fourth-order valence-corrected chi connectivity index (χ4v) is 7.05. The smallest absolute Gasteiger partial charge is 0.301 e. The van der Waals surface area contributed by atoms with Crippen LogP contribution in [-0.2, 0) is 21.8 Å². The van der Waals surface area contributed by atoms with E-state index < -0.39 is 17.7 Å². The Morgan fingerprint density at radius 3 is 2.67 bits per heavy atom. The number of phenolic OH excluding ortho intramolecular Hbond substituents is 1. The molecule has 3 aromatic carbocycles. The lowest BCUT2D eigenvalue weighted by Crippen LogP contribution is -2.29. The van der Waals surface area contributed by atoms with Crippen LogP contribution in [0.4, 0.5) is 5.13 Å². The number of ketones is 1. The van der Waals surface area contributed by atoms with E-state index >= 15 is 0 Å². The van der Waals surface area contributed by atoms with Gasteiger partial charge in [-0.3, -0.25) is 14.5 Å². The third-order valence-electron chi connectivity index (χ3n) is 7.30. The lowest BCUT2D eigenvalue weighted by atomic mass is 9.94. The van der Waals surface area contributed by atoms with E-state index in [-0.39, 0.29) is 34.1 Å². The van der Waals surface area contributed by atoms with Crippen molar-refractivity contribution in [3.63, 3.8) is 0 Å². The molecule has 0 bridgehead atoms. The highest BCUT2D eigenvalue weighted by atomic mass is 32.2. The van der Waals surface area contributed by atoms with Crippen molar-refractivity contribution in [2.24, 2.45) is 0 Å². The Morgan fingerprint density at radius 1 is 1.12 bits per heavy atom. The maximum Gasteiger partial charge on any atom is 0.301 e. The molecule has 3 heterocycles. The van der Waals surface area contributed by atoms with E-state index in [1.165, 1.54) is 39.6 Å². The molecule has 1 saturated heterocycles. The Balaban J connectivity index is 1.41. The molecule has 0 saturated carbocycles. The zero-order chi connectivity index (χ0) is 30.2. The van der Waals surface area contributed by atoms with Gasteiger partial charge < -0.3 is 19.7 Å². The Labute approximate surface area is 256 Å². The number of aliphatic hydroxyl groups excluding tert-OH is 1. The summed E-state index contributed by atoms with van der Waals surface area (Å²) in [5.74, 6) is -0.484. The average Bonchev–Trinajstić information content (AvgIpc) is 3.68. The molecule has 1 aromatic heterocycles. The lowest BCUT2D eigenvalue weighted by Gasteiger charge is -2.23. The third-order valence-corrected chi connectivity index (χ3v) is 9.43. The predicted octanol–water partition coefficient (Wildman–Crippen LogP) is 6.19. The first kappa shape index (κ1) is 28.8. The number of Topliss-reactive ketones (excluding diaryl/α,β-unsaturated/α-hetero) is 1. The molecule has 1 fully saturated rings. The van der Waals surface area contributed by atoms with Gasteiger partial charge in [0.05, 0.1) is 18.2 Å². The molecule has 2 aliphatic rings. The van der Waals surface area contributed by atoms with Crippen LogP contribution in [0.5, 0.6) is 17.2 Å². The van der Waals surface area contributed by atoms with Crippen molar-refractivity contribution in [3.8, 4) is 17.2 Å². The van der Waals surface area contributed by atoms with Gasteiger partial charge in [-0.15, -0.1) is 10.2 Å². The maximum atomic E-state index is 13.6. The molecule has 0 spiro atoms. The van der Waals surface area contributed by atoms with Gasteiger partial charge in [0.25, 0.3) is 5.78 Å². The van der Waals surface area contributed by atoms with Crippen molar-refractivity contribution >= 4 is 45.7 Å². The van der Waals surface area contributed by atoms with Gasteiger partial charge in [0.1, 0.15) is 17.6 Å². The second-order valence-corrected chi connectivity index (χ2v) is 12.6. The molecular weight excluding hydrogens is 587 g/mol. The number of thioether (sulfide) groups is 1. The number of aryl methyl sites for hydroxylation is 1. The number of hydrogen-bond acceptors (Lipinski definition) is 10. The summed E-state index contributed by atoms with van der Waals surface area (Å²) in [4.78, 5) is 28.5. The zero-order valence-electron chi connectivity index (χ0n) is 23.7. The summed E-state index contributed by atoms with van der Waals surface area (Å²) < 4.78 is 12.0. The van der Waals surface area contributed by atoms with Crippen molar-refractivity contribution in [2.45, 2.75) is 49.4 Å². The highest BCUT2D eigenvalue weighted by Gasteiger charge is 2.48. The summed E-state index contributed by atoms with van der Waals surface area (Å²) in [5.41, 5.74) is 3.97. The van der Waals surface area contributed by atoms with E-state index in [1.54, 1.807) is 37.3 Å². The van der Waals surface area contributed by atoms with Crippen LogP contribution >= 0.6 is 23.1 Å². The summed E-state index contributed by atoms with van der Waals surface area (Å²) >= 11 is 2.67. The zero-order valence-corrected chi connectivity index (χ0v) is 25.4. The van der Waals surface area contributed by atoms with Crippen molar-refractivity contribution in [1.82, 2.24) is 10.2 Å². The van der Waals surface area contributed by atoms with Crippen LogP contribution in [0.3, 0.4) is 0 Å². The normalized spacial score (nSPS) is 19.0. The van der Waals surface area contributed by atoms with Gasteiger partial charge >= 0.3 is 5.91 Å². The van der Waals surface area contributed by atoms with Crippen molar-refractivity contribution in [1.29, 1.82) is 0 Å². The average molecular weight is 616 g/mol. The second-order valence-electron chi connectivity index (χ2n) is 10.4. The Kier molecular flexibility index (Phi) is 7.85. The number of hydrogen-bond donors (Lipinski definition) is 2. The van der Waals surface area contributed by atoms with Gasteiger partial charge in [-0.1, -0.05) is 59.0 Å². The first-order chi connectivity index (χ1) is 20.7. The molecule has 2 aliphatic heterocycles. The number of amides is 1. The van der Waals surface area contributed by atoms with Gasteiger partial charge in [0.15, 0.2) is 15.8 Å². The summed E-state index contributed by atoms with van der Waals surface area (Å²) in [6.45, 7) is 6.07. The van der Waals surface area contributed by atoms with E-state index in [2.05, 4.69) is 22.3 Å². The van der Waals surface area contributed by atoms with Crippen molar-refractivity contribution < 1.29 is 29.3 Å². The number of phenols is 1. The largest absolute Gasteiger partial charge is 0.507 e. The number of nitrogens with zero attached hydrogens (tertiary/aromatic N) is 3. The van der Waals surface area contributed by atoms with Crippen LogP contribution < -0.4 is 14.4 Å². The fraction of sp³-hybridized carbons (Fsp3) is 0.250. The van der Waals surface area contributed by atoms with Gasteiger partial charge in [-0.2, -0.15) is 0 Å². The first-order valence-electron chi connectivity index (χ1n) is 13.8. The number of carbonyl (C=O) groups excluding carboxylic acids is 2. The molecule has 220 valence electrons. The van der Waals surface area contributed by atoms with Crippen molar-refractivity contribution in [3.05, 3.63) is 94.1 Å². The third kappa shape index (κ3) is 5.57. The van der Waals surface area contributed by atoms with Crippen LogP contribution in [0, 0.1) is 6.92 Å². The quantitative estimate of drug-likeness (QED) is 0.0785. The molecule has 4 aromatic rings. The van der Waals surface area contributed by atoms with E-state index in [0.717, 1.165) is 16.9 Å². The van der Waals surface area contributed by atoms with E-state index in [0.29, 0.717) is 34.2 Å². The number of fused-ring (bicyclic) bond motifs is 1. The highest BCUT2D eigenvalue weighted by molar-refractivity contribution is 8.00. The van der Waals surface area contributed by atoms with E-state index in [4.69, 9.17) is 9.47 Å². The van der Waals surface area contributed by atoms with Crippen LogP contribution in [0.15, 0.2) is 70.6 Å². The lowest BCUT2D eigenvalue weighted by molar-refractivity contribution is -0.132. The van der Waals surface area contributed by atoms with Crippen LogP contribution in [0.1, 0.15) is 47.7 Å². The van der Waals surface area contributed by atoms with E-state index in [1.807, 2.05) is 26.0 Å². The predicted molar refractivity (Wildman–Crippen MR) is 165 cm³/mol. The second kappa shape index (κ2) is 11.7. The molecule has 0 aliphatic carbocycles. The number of aromatic nitrogens is 2. The van der Waals surface area contributed by atoms with Gasteiger partial charge in [0.2, 0.25) is 5.13 Å². The molecule has 0 radical (unpaired) electrons. The van der Waals surface area contributed by atoms with Gasteiger partial charge in [-0.25, -0.2) is 0 Å². The number of carbonyl (C=O) groups is 2. The van der Waals surface area contributed by atoms with E-state index in [9.17, 15) is 19.8 Å². The SMILES string of the molecule is CCOc1cc(C2/C(=C(\O)c3ccc4c(c3)CC(C)O4)C(=O)C(=O)N2c2nnc(SCc3ccc(C)cc3)s2)ccc1O. The summed E-state index contributed by atoms with van der Waals surface area (Å²) in [6.07, 6.45) is 0.667. The van der Waals surface area contributed by atoms with Crippen LogP contribution in [-0.4, -0.2) is 44.8 Å². The minimum absolute atomic E-state index is 0.00225. The minimum atomic E-state index is -1.04. The fourth-order valence-electron chi connectivity index (χ4n) is 5.23. The summed E-state index contributed by atoms with van der Waals surface area (Å²) in [5, 5.41) is 30.7. The first-order valence-corrected chi connectivity index (χ1v) is 15.6. The molecule has 6 rings (SSSR count). The highest BCUT2D eigenvalue weighted by Crippen LogP contribution is 2.46. The standard InChI is InChI=1S/C32H29N3O6S2/c1-4-40-25-15-20(9-11-23(25)36)27-26(28(37)21-10-12-24-22(14-21)13-18(3)41-24)29(38)30(39)35(27)31-33-34-32(43-31)42-16-19-7-5-17(2)6-8-19/h5-12,14-15,18,27,36-37H,4,13,16H2,1-3H3/b28-26+. The Morgan fingerprint density at radius 2 is 1.91 bits per heavy atom. The number of ether oxygens (including phenoxy) is 2. The Hall–Kier alpha value is -4.35. The molecule has 43 heavy (non-hydrogen) atoms. The minimum Gasteiger partial charge on any atom is -0.507 e. The number of aromatic hydroxyl groups is 1. The molecule has 2 N–H and O–H groups in total. The molecule has 2 atom stereocenters. The Bertz CT molecular complexity index is 1750.